The fourth-order valence-corrected chi connectivity index (χ4v) is 3.90. The molecule has 0 aromatic heterocycles. The molecule has 1 saturated carbocycles. The summed E-state index contributed by atoms with van der Waals surface area (Å²) in [5, 5.41) is 3.07. The zero-order valence-electron chi connectivity index (χ0n) is 18.8. The van der Waals surface area contributed by atoms with Gasteiger partial charge in [0.25, 0.3) is 0 Å². The highest BCUT2D eigenvalue weighted by atomic mass is 16.2. The van der Waals surface area contributed by atoms with Crippen molar-refractivity contribution >= 4 is 17.5 Å². The Morgan fingerprint density at radius 1 is 1.00 bits per heavy atom. The van der Waals surface area contributed by atoms with Gasteiger partial charge in [-0.15, -0.1) is 0 Å². The number of benzene rings is 1. The van der Waals surface area contributed by atoms with Gasteiger partial charge in [-0.1, -0.05) is 18.6 Å². The monoisotopic (exact) mass is 415 g/mol. The second-order valence-corrected chi connectivity index (χ2v) is 8.85. The van der Waals surface area contributed by atoms with Gasteiger partial charge < -0.3 is 15.1 Å². The van der Waals surface area contributed by atoms with E-state index in [4.69, 9.17) is 0 Å². The van der Waals surface area contributed by atoms with E-state index in [9.17, 15) is 9.59 Å². The maximum absolute atomic E-state index is 12.6. The molecule has 1 saturated heterocycles. The molecule has 1 aromatic carbocycles. The van der Waals surface area contributed by atoms with Crippen molar-refractivity contribution in [2.24, 2.45) is 5.92 Å². The van der Waals surface area contributed by atoms with Gasteiger partial charge in [-0.05, 0) is 30.5 Å². The summed E-state index contributed by atoms with van der Waals surface area (Å²) in [7, 11) is 5.93. The van der Waals surface area contributed by atoms with Crippen LogP contribution in [0.1, 0.15) is 24.8 Å². The molecule has 7 heteroatoms. The third-order valence-corrected chi connectivity index (χ3v) is 6.33. The Balaban J connectivity index is 1.32. The summed E-state index contributed by atoms with van der Waals surface area (Å²) in [4.78, 5) is 33.0. The van der Waals surface area contributed by atoms with Gasteiger partial charge in [0.2, 0.25) is 11.8 Å². The summed E-state index contributed by atoms with van der Waals surface area (Å²) < 4.78 is 0. The predicted octanol–water partition coefficient (Wildman–Crippen LogP) is 1.24. The predicted molar refractivity (Wildman–Crippen MR) is 120 cm³/mol. The molecule has 1 aliphatic heterocycles. The van der Waals surface area contributed by atoms with Crippen LogP contribution in [0, 0.1) is 5.92 Å². The molecule has 2 aliphatic rings. The maximum atomic E-state index is 12.6. The number of rotatable bonds is 9. The van der Waals surface area contributed by atoms with Crippen LogP contribution in [0.4, 0.5) is 5.69 Å². The number of likely N-dealkylation sites (N-methyl/N-ethyl adjacent to an activating group) is 1. The van der Waals surface area contributed by atoms with Gasteiger partial charge in [-0.25, -0.2) is 0 Å². The van der Waals surface area contributed by atoms with Crippen LogP contribution < -0.4 is 10.2 Å². The molecular formula is C23H37N5O2. The summed E-state index contributed by atoms with van der Waals surface area (Å²) in [6, 6.07) is 8.34. The van der Waals surface area contributed by atoms with Gasteiger partial charge in [-0.2, -0.15) is 0 Å². The number of amides is 2. The van der Waals surface area contributed by atoms with Gasteiger partial charge in [0.05, 0.1) is 6.54 Å². The second-order valence-electron chi connectivity index (χ2n) is 8.85. The van der Waals surface area contributed by atoms with E-state index in [2.05, 4.69) is 44.3 Å². The Morgan fingerprint density at radius 2 is 1.63 bits per heavy atom. The van der Waals surface area contributed by atoms with E-state index in [1.165, 1.54) is 6.42 Å². The average Bonchev–Trinajstić information content (AvgIpc) is 2.68. The largest absolute Gasteiger partial charge is 0.378 e. The van der Waals surface area contributed by atoms with Crippen LogP contribution in [0.15, 0.2) is 24.3 Å². The number of hydrogen-bond acceptors (Lipinski definition) is 5. The first kappa shape index (κ1) is 22.6. The molecule has 3 rings (SSSR count). The fourth-order valence-electron chi connectivity index (χ4n) is 3.90. The molecule has 0 atom stereocenters. The molecule has 0 spiro atoms. The number of piperazine rings is 1. The van der Waals surface area contributed by atoms with Crippen molar-refractivity contribution in [3.63, 3.8) is 0 Å². The zero-order chi connectivity index (χ0) is 21.5. The van der Waals surface area contributed by atoms with Crippen molar-refractivity contribution in [2.75, 3.05) is 71.9 Å². The molecule has 30 heavy (non-hydrogen) atoms. The highest BCUT2D eigenvalue weighted by Gasteiger charge is 2.25. The van der Waals surface area contributed by atoms with E-state index in [0.29, 0.717) is 13.1 Å². The molecule has 0 bridgehead atoms. The lowest BCUT2D eigenvalue weighted by Crippen LogP contribution is -2.51. The van der Waals surface area contributed by atoms with Crippen LogP contribution in [0.5, 0.6) is 0 Å². The summed E-state index contributed by atoms with van der Waals surface area (Å²) in [5.41, 5.74) is 2.30. The van der Waals surface area contributed by atoms with E-state index >= 15 is 0 Å². The number of carbonyl (C=O) groups excluding carboxylic acids is 2. The molecule has 1 aliphatic carbocycles. The van der Waals surface area contributed by atoms with E-state index in [1.54, 1.807) is 0 Å². The minimum Gasteiger partial charge on any atom is -0.378 e. The minimum atomic E-state index is 0.160. The number of hydrogen-bond donors (Lipinski definition) is 1. The van der Waals surface area contributed by atoms with Gasteiger partial charge in [0.15, 0.2) is 0 Å². The van der Waals surface area contributed by atoms with E-state index < -0.39 is 0 Å². The summed E-state index contributed by atoms with van der Waals surface area (Å²) in [6.07, 6.45) is 3.29. The molecule has 2 fully saturated rings. The normalized spacial score (nSPS) is 18.0. The lowest BCUT2D eigenvalue weighted by molar-refractivity contribution is -0.132. The Morgan fingerprint density at radius 3 is 2.20 bits per heavy atom. The van der Waals surface area contributed by atoms with Crippen LogP contribution in [0.3, 0.4) is 0 Å². The Bertz CT molecular complexity index is 694. The van der Waals surface area contributed by atoms with Crippen LogP contribution in [0.2, 0.25) is 0 Å². The molecule has 0 radical (unpaired) electrons. The molecular weight excluding hydrogens is 378 g/mol. The minimum absolute atomic E-state index is 0.160. The SMILES string of the molecule is CN(Cc1ccc(N(C)C)cc1)C(=O)CN1CCN(CCNC(=O)C2CCC2)CC1. The summed E-state index contributed by atoms with van der Waals surface area (Å²) in [5.74, 6) is 0.647. The topological polar surface area (TPSA) is 59.1 Å². The smallest absolute Gasteiger partial charge is 0.236 e. The first-order chi connectivity index (χ1) is 14.4. The van der Waals surface area contributed by atoms with E-state index in [1.807, 2.05) is 26.0 Å². The average molecular weight is 416 g/mol. The standard InChI is InChI=1S/C23H37N5O2/c1-25(2)21-9-7-19(8-10-21)17-26(3)22(29)18-28-15-13-27(14-16-28)12-11-24-23(30)20-5-4-6-20/h7-10,20H,4-6,11-18H2,1-3H3,(H,24,30). The Labute approximate surface area is 181 Å². The summed E-state index contributed by atoms with van der Waals surface area (Å²) in [6.45, 7) is 6.41. The van der Waals surface area contributed by atoms with Crippen molar-refractivity contribution in [1.82, 2.24) is 20.0 Å². The molecule has 2 amide bonds. The number of anilines is 1. The van der Waals surface area contributed by atoms with Crippen molar-refractivity contribution in [1.29, 1.82) is 0 Å². The fraction of sp³-hybridized carbons (Fsp3) is 0.652. The highest BCUT2D eigenvalue weighted by Crippen LogP contribution is 2.26. The third kappa shape index (κ3) is 6.44. The lowest BCUT2D eigenvalue weighted by Gasteiger charge is -2.35. The van der Waals surface area contributed by atoms with Crippen LogP contribution in [-0.4, -0.2) is 93.5 Å². The van der Waals surface area contributed by atoms with Gasteiger partial charge in [0, 0.05) is 78.6 Å². The first-order valence-corrected chi connectivity index (χ1v) is 11.1. The highest BCUT2D eigenvalue weighted by molar-refractivity contribution is 5.79. The van der Waals surface area contributed by atoms with Crippen molar-refractivity contribution in [3.8, 4) is 0 Å². The molecule has 1 N–H and O–H groups in total. The molecule has 166 valence electrons. The second kappa shape index (κ2) is 10.8. The number of carbonyl (C=O) groups is 2. The Hall–Kier alpha value is -2.12. The summed E-state index contributed by atoms with van der Waals surface area (Å²) >= 11 is 0. The van der Waals surface area contributed by atoms with Gasteiger partial charge in [-0.3, -0.25) is 19.4 Å². The van der Waals surface area contributed by atoms with Gasteiger partial charge in [0.1, 0.15) is 0 Å². The molecule has 1 heterocycles. The zero-order valence-corrected chi connectivity index (χ0v) is 18.8. The molecule has 1 aromatic rings. The van der Waals surface area contributed by atoms with E-state index in [0.717, 1.165) is 63.4 Å². The van der Waals surface area contributed by atoms with Gasteiger partial charge >= 0.3 is 0 Å². The van der Waals surface area contributed by atoms with Crippen LogP contribution in [-0.2, 0) is 16.1 Å². The first-order valence-electron chi connectivity index (χ1n) is 11.1. The third-order valence-electron chi connectivity index (χ3n) is 6.33. The lowest BCUT2D eigenvalue weighted by atomic mass is 9.85. The molecule has 0 unspecified atom stereocenters. The maximum Gasteiger partial charge on any atom is 0.236 e. The van der Waals surface area contributed by atoms with Crippen LogP contribution >= 0.6 is 0 Å². The van der Waals surface area contributed by atoms with Crippen molar-refractivity contribution < 1.29 is 9.59 Å². The number of nitrogens with zero attached hydrogens (tertiary/aromatic N) is 4. The number of nitrogens with one attached hydrogen (secondary N) is 1. The quantitative estimate of drug-likeness (QED) is 0.658. The Kier molecular flexibility index (Phi) is 8.10. The van der Waals surface area contributed by atoms with Crippen molar-refractivity contribution in [2.45, 2.75) is 25.8 Å². The van der Waals surface area contributed by atoms with Crippen LogP contribution in [0.25, 0.3) is 0 Å². The van der Waals surface area contributed by atoms with Crippen molar-refractivity contribution in [3.05, 3.63) is 29.8 Å². The van der Waals surface area contributed by atoms with E-state index in [-0.39, 0.29) is 17.7 Å². The molecule has 7 nitrogen and oxygen atoms in total.